The zero-order valence-electron chi connectivity index (χ0n) is 17.9. The monoisotopic (exact) mass is 445 g/mol. The predicted octanol–water partition coefficient (Wildman–Crippen LogP) is 4.63. The van der Waals surface area contributed by atoms with Crippen LogP contribution in [0.1, 0.15) is 12.5 Å². The molecule has 0 saturated heterocycles. The van der Waals surface area contributed by atoms with Crippen LogP contribution in [0.3, 0.4) is 0 Å². The quantitative estimate of drug-likeness (QED) is 0.398. The number of amides is 1. The molecule has 2 heterocycles. The number of hydrogen-bond acceptors (Lipinski definition) is 6. The highest BCUT2D eigenvalue weighted by molar-refractivity contribution is 7.99. The first-order chi connectivity index (χ1) is 15.7. The number of aryl methyl sites for hydroxylation is 1. The molecule has 0 saturated carbocycles. The molecule has 162 valence electrons. The number of ether oxygens (including phenoxy) is 1. The molecule has 32 heavy (non-hydrogen) atoms. The maximum atomic E-state index is 12.5. The number of benzene rings is 2. The largest absolute Gasteiger partial charge is 0.497 e. The van der Waals surface area contributed by atoms with Crippen molar-refractivity contribution in [1.29, 1.82) is 0 Å². The summed E-state index contributed by atoms with van der Waals surface area (Å²) in [4.78, 5) is 16.6. The molecule has 0 spiro atoms. The highest BCUT2D eigenvalue weighted by atomic mass is 32.2. The van der Waals surface area contributed by atoms with Gasteiger partial charge in [0.05, 0.1) is 12.9 Å². The maximum absolute atomic E-state index is 12.5. The lowest BCUT2D eigenvalue weighted by molar-refractivity contribution is -0.113. The Balaban J connectivity index is 1.56. The van der Waals surface area contributed by atoms with Crippen molar-refractivity contribution >= 4 is 23.4 Å². The Morgan fingerprint density at radius 1 is 1.00 bits per heavy atom. The summed E-state index contributed by atoms with van der Waals surface area (Å²) in [6.07, 6.45) is 4.39. The molecule has 0 aliphatic carbocycles. The molecule has 0 aliphatic heterocycles. The molecular formula is C24H23N5O2S. The van der Waals surface area contributed by atoms with Crippen LogP contribution in [0.4, 0.5) is 5.69 Å². The second-order valence-corrected chi connectivity index (χ2v) is 7.91. The van der Waals surface area contributed by atoms with Gasteiger partial charge in [-0.15, -0.1) is 10.2 Å². The van der Waals surface area contributed by atoms with Crippen molar-refractivity contribution < 1.29 is 9.53 Å². The lowest BCUT2D eigenvalue weighted by Crippen LogP contribution is -2.14. The highest BCUT2D eigenvalue weighted by Crippen LogP contribution is 2.28. The number of carbonyl (C=O) groups is 1. The number of nitrogens with zero attached hydrogens (tertiary/aromatic N) is 4. The third-order valence-electron chi connectivity index (χ3n) is 4.88. The van der Waals surface area contributed by atoms with Gasteiger partial charge in [-0.1, -0.05) is 30.8 Å². The van der Waals surface area contributed by atoms with E-state index in [2.05, 4.69) is 27.4 Å². The Morgan fingerprint density at radius 2 is 1.72 bits per heavy atom. The van der Waals surface area contributed by atoms with E-state index in [1.165, 1.54) is 17.3 Å². The van der Waals surface area contributed by atoms with E-state index in [-0.39, 0.29) is 11.7 Å². The Kier molecular flexibility index (Phi) is 6.81. The third-order valence-corrected chi connectivity index (χ3v) is 5.81. The summed E-state index contributed by atoms with van der Waals surface area (Å²) in [6.45, 7) is 2.10. The molecule has 4 rings (SSSR count). The van der Waals surface area contributed by atoms with E-state index in [0.717, 1.165) is 29.1 Å². The first-order valence-electron chi connectivity index (χ1n) is 10.2. The molecule has 0 radical (unpaired) electrons. The first-order valence-corrected chi connectivity index (χ1v) is 11.2. The van der Waals surface area contributed by atoms with Crippen molar-refractivity contribution in [2.75, 3.05) is 18.2 Å². The van der Waals surface area contributed by atoms with E-state index < -0.39 is 0 Å². The Hall–Kier alpha value is -3.65. The van der Waals surface area contributed by atoms with Crippen molar-refractivity contribution in [3.63, 3.8) is 0 Å². The molecule has 4 aromatic rings. The molecule has 8 heteroatoms. The van der Waals surface area contributed by atoms with E-state index >= 15 is 0 Å². The summed E-state index contributed by atoms with van der Waals surface area (Å²) < 4.78 is 7.21. The molecule has 7 nitrogen and oxygen atoms in total. The van der Waals surface area contributed by atoms with Crippen LogP contribution in [0.5, 0.6) is 5.75 Å². The van der Waals surface area contributed by atoms with Crippen LogP contribution in [-0.4, -0.2) is 38.5 Å². The molecule has 1 amide bonds. The molecule has 0 aliphatic rings. The van der Waals surface area contributed by atoms with Crippen LogP contribution in [-0.2, 0) is 11.2 Å². The standard InChI is InChI=1S/C24H23N5O2S/c1-3-17-4-6-19(7-5-17)26-22(30)16-32-24-28-27-23(18-12-14-25-15-13-18)29(24)20-8-10-21(31-2)11-9-20/h4-15H,3,16H2,1-2H3,(H,26,30). The molecule has 0 bridgehead atoms. The molecule has 0 fully saturated rings. The van der Waals surface area contributed by atoms with Crippen LogP contribution in [0, 0.1) is 0 Å². The van der Waals surface area contributed by atoms with E-state index in [4.69, 9.17) is 4.74 Å². The van der Waals surface area contributed by atoms with Crippen LogP contribution < -0.4 is 10.1 Å². The normalized spacial score (nSPS) is 10.7. The van der Waals surface area contributed by atoms with Crippen LogP contribution in [0.25, 0.3) is 17.1 Å². The fourth-order valence-electron chi connectivity index (χ4n) is 3.17. The summed E-state index contributed by atoms with van der Waals surface area (Å²) in [6, 6.07) is 19.3. The van der Waals surface area contributed by atoms with Gasteiger partial charge >= 0.3 is 0 Å². The molecule has 1 N–H and O–H groups in total. The predicted molar refractivity (Wildman–Crippen MR) is 126 cm³/mol. The number of methoxy groups -OCH3 is 1. The average molecular weight is 446 g/mol. The number of nitrogens with one attached hydrogen (secondary N) is 1. The fourth-order valence-corrected chi connectivity index (χ4v) is 3.92. The number of carbonyl (C=O) groups excluding carboxylic acids is 1. The molecule has 0 unspecified atom stereocenters. The average Bonchev–Trinajstić information content (AvgIpc) is 3.28. The van der Waals surface area contributed by atoms with Gasteiger partial charge in [0.2, 0.25) is 5.91 Å². The Labute approximate surface area is 190 Å². The highest BCUT2D eigenvalue weighted by Gasteiger charge is 2.17. The van der Waals surface area contributed by atoms with E-state index in [9.17, 15) is 4.79 Å². The fraction of sp³-hybridized carbons (Fsp3) is 0.167. The van der Waals surface area contributed by atoms with Crippen molar-refractivity contribution in [2.24, 2.45) is 0 Å². The number of pyridine rings is 1. The van der Waals surface area contributed by atoms with Gasteiger partial charge in [-0.25, -0.2) is 0 Å². The summed E-state index contributed by atoms with van der Waals surface area (Å²) >= 11 is 1.33. The van der Waals surface area contributed by atoms with Gasteiger partial charge < -0.3 is 10.1 Å². The van der Waals surface area contributed by atoms with E-state index in [0.29, 0.717) is 11.0 Å². The SMILES string of the molecule is CCc1ccc(NC(=O)CSc2nnc(-c3ccncc3)n2-c2ccc(OC)cc2)cc1. The van der Waals surface area contributed by atoms with Gasteiger partial charge in [0.1, 0.15) is 5.75 Å². The van der Waals surface area contributed by atoms with Gasteiger partial charge in [0.25, 0.3) is 0 Å². The van der Waals surface area contributed by atoms with Crippen molar-refractivity contribution in [1.82, 2.24) is 19.7 Å². The lowest BCUT2D eigenvalue weighted by atomic mass is 10.1. The van der Waals surface area contributed by atoms with E-state index in [1.807, 2.05) is 65.2 Å². The molecule has 0 atom stereocenters. The van der Waals surface area contributed by atoms with Crippen molar-refractivity contribution in [3.8, 4) is 22.8 Å². The molecule has 2 aromatic heterocycles. The van der Waals surface area contributed by atoms with Crippen LogP contribution in [0.15, 0.2) is 78.2 Å². The number of thioether (sulfide) groups is 1. The van der Waals surface area contributed by atoms with Gasteiger partial charge in [-0.3, -0.25) is 14.3 Å². The first kappa shape index (κ1) is 21.6. The maximum Gasteiger partial charge on any atom is 0.234 e. The van der Waals surface area contributed by atoms with Gasteiger partial charge in [0, 0.05) is 29.3 Å². The zero-order chi connectivity index (χ0) is 22.3. The number of hydrogen-bond donors (Lipinski definition) is 1. The van der Waals surface area contributed by atoms with Crippen molar-refractivity contribution in [3.05, 3.63) is 78.6 Å². The second-order valence-electron chi connectivity index (χ2n) is 6.96. The lowest BCUT2D eigenvalue weighted by Gasteiger charge is -2.11. The van der Waals surface area contributed by atoms with Crippen molar-refractivity contribution in [2.45, 2.75) is 18.5 Å². The second kappa shape index (κ2) is 10.1. The zero-order valence-corrected chi connectivity index (χ0v) is 18.7. The van der Waals surface area contributed by atoms with Crippen LogP contribution in [0.2, 0.25) is 0 Å². The minimum absolute atomic E-state index is 0.103. The molecule has 2 aromatic carbocycles. The minimum atomic E-state index is -0.103. The summed E-state index contributed by atoms with van der Waals surface area (Å²) in [5, 5.41) is 12.3. The van der Waals surface area contributed by atoms with Gasteiger partial charge in [-0.2, -0.15) is 0 Å². The smallest absolute Gasteiger partial charge is 0.234 e. The number of aromatic nitrogens is 4. The summed E-state index contributed by atoms with van der Waals surface area (Å²) in [5.41, 5.74) is 3.77. The van der Waals surface area contributed by atoms with Gasteiger partial charge in [0.15, 0.2) is 11.0 Å². The van der Waals surface area contributed by atoms with E-state index in [1.54, 1.807) is 19.5 Å². The van der Waals surface area contributed by atoms with Crippen LogP contribution >= 0.6 is 11.8 Å². The third kappa shape index (κ3) is 4.97. The molecular weight excluding hydrogens is 422 g/mol. The Bertz CT molecular complexity index is 1180. The Morgan fingerprint density at radius 3 is 2.38 bits per heavy atom. The minimum Gasteiger partial charge on any atom is -0.497 e. The number of anilines is 1. The topological polar surface area (TPSA) is 81.9 Å². The van der Waals surface area contributed by atoms with Gasteiger partial charge in [-0.05, 0) is 60.5 Å². The number of rotatable bonds is 8. The summed E-state index contributed by atoms with van der Waals surface area (Å²) in [7, 11) is 1.63. The summed E-state index contributed by atoms with van der Waals surface area (Å²) in [5.74, 6) is 1.54.